The number of carbonyl (C=O) groups is 2. The Bertz CT molecular complexity index is 430. The maximum Gasteiger partial charge on any atom is 0.338 e. The summed E-state index contributed by atoms with van der Waals surface area (Å²) >= 11 is 0. The Morgan fingerprint density at radius 1 is 1.41 bits per heavy atom. The number of methoxy groups -OCH3 is 1. The molecule has 0 radical (unpaired) electrons. The molecule has 0 saturated heterocycles. The maximum atomic E-state index is 11.4. The highest BCUT2D eigenvalue weighted by atomic mass is 16.5. The number of rotatable bonds is 4. The van der Waals surface area contributed by atoms with Gasteiger partial charge in [-0.05, 0) is 24.6 Å². The summed E-state index contributed by atoms with van der Waals surface area (Å²) in [5.74, 6) is -0.588. The van der Waals surface area contributed by atoms with E-state index in [9.17, 15) is 9.59 Å². The van der Waals surface area contributed by atoms with Crippen LogP contribution in [-0.2, 0) is 9.53 Å². The first-order chi connectivity index (χ1) is 8.10. The number of hydrogen-bond donors (Lipinski definition) is 2. The minimum atomic E-state index is -0.419. The number of carbonyl (C=O) groups excluding carboxylic acids is 2. The predicted molar refractivity (Wildman–Crippen MR) is 64.8 cm³/mol. The van der Waals surface area contributed by atoms with Crippen molar-refractivity contribution in [2.24, 2.45) is 5.73 Å². The van der Waals surface area contributed by atoms with Crippen molar-refractivity contribution in [1.82, 2.24) is 0 Å². The van der Waals surface area contributed by atoms with Crippen LogP contribution in [0.2, 0.25) is 0 Å². The molecule has 5 heteroatoms. The van der Waals surface area contributed by atoms with Gasteiger partial charge in [0, 0.05) is 18.7 Å². The lowest BCUT2D eigenvalue weighted by Crippen LogP contribution is -2.17. The van der Waals surface area contributed by atoms with E-state index >= 15 is 0 Å². The van der Waals surface area contributed by atoms with Crippen molar-refractivity contribution in [3.05, 3.63) is 29.3 Å². The third-order valence-corrected chi connectivity index (χ3v) is 2.38. The van der Waals surface area contributed by atoms with Gasteiger partial charge in [0.05, 0.1) is 12.7 Å². The molecular formula is C12H16N2O3. The van der Waals surface area contributed by atoms with E-state index in [0.717, 1.165) is 0 Å². The molecule has 0 aliphatic rings. The Balaban J connectivity index is 2.94. The largest absolute Gasteiger partial charge is 0.465 e. The molecule has 1 amide bonds. The van der Waals surface area contributed by atoms with Gasteiger partial charge in [0.1, 0.15) is 0 Å². The highest BCUT2D eigenvalue weighted by Crippen LogP contribution is 2.19. The summed E-state index contributed by atoms with van der Waals surface area (Å²) < 4.78 is 4.65. The fraction of sp³-hybridized carbons (Fsp3) is 0.333. The summed E-state index contributed by atoms with van der Waals surface area (Å²) in [6.45, 7) is 2.05. The zero-order valence-electron chi connectivity index (χ0n) is 9.95. The Morgan fingerprint density at radius 2 is 2.12 bits per heavy atom. The van der Waals surface area contributed by atoms with E-state index in [4.69, 9.17) is 5.73 Å². The molecule has 1 aromatic carbocycles. The minimum Gasteiger partial charge on any atom is -0.465 e. The van der Waals surface area contributed by atoms with Crippen molar-refractivity contribution in [2.45, 2.75) is 13.3 Å². The van der Waals surface area contributed by atoms with Crippen LogP contribution in [0.15, 0.2) is 18.2 Å². The molecule has 0 unspecified atom stereocenters. The van der Waals surface area contributed by atoms with Crippen LogP contribution < -0.4 is 11.1 Å². The number of nitrogens with one attached hydrogen (secondary N) is 1. The van der Waals surface area contributed by atoms with Crippen LogP contribution in [0.25, 0.3) is 0 Å². The summed E-state index contributed by atoms with van der Waals surface area (Å²) in [7, 11) is 1.32. The molecule has 92 valence electrons. The van der Waals surface area contributed by atoms with E-state index in [2.05, 4.69) is 10.1 Å². The smallest absolute Gasteiger partial charge is 0.338 e. The predicted octanol–water partition coefficient (Wildman–Crippen LogP) is 1.07. The molecule has 0 aromatic heterocycles. The lowest BCUT2D eigenvalue weighted by molar-refractivity contribution is -0.116. The van der Waals surface area contributed by atoms with Crippen LogP contribution in [0.3, 0.4) is 0 Å². The summed E-state index contributed by atoms with van der Waals surface area (Å²) in [6, 6.07) is 5.08. The van der Waals surface area contributed by atoms with Crippen molar-refractivity contribution in [3.63, 3.8) is 0 Å². The van der Waals surface area contributed by atoms with Gasteiger partial charge >= 0.3 is 5.97 Å². The minimum absolute atomic E-state index is 0.169. The molecule has 0 saturated carbocycles. The van der Waals surface area contributed by atoms with Crippen molar-refractivity contribution in [1.29, 1.82) is 0 Å². The van der Waals surface area contributed by atoms with Gasteiger partial charge in [0.15, 0.2) is 0 Å². The molecular weight excluding hydrogens is 220 g/mol. The number of ether oxygens (including phenoxy) is 1. The van der Waals surface area contributed by atoms with Crippen LogP contribution in [0.5, 0.6) is 0 Å². The molecule has 0 heterocycles. The average molecular weight is 236 g/mol. The van der Waals surface area contributed by atoms with Crippen LogP contribution in [0.4, 0.5) is 5.69 Å². The summed E-state index contributed by atoms with van der Waals surface area (Å²) in [5.41, 5.74) is 7.02. The van der Waals surface area contributed by atoms with Gasteiger partial charge in [-0.2, -0.15) is 0 Å². The lowest BCUT2D eigenvalue weighted by Gasteiger charge is -2.10. The third-order valence-electron chi connectivity index (χ3n) is 2.38. The second kappa shape index (κ2) is 6.00. The summed E-state index contributed by atoms with van der Waals surface area (Å²) in [6.07, 6.45) is 0.252. The quantitative estimate of drug-likeness (QED) is 0.766. The second-order valence-electron chi connectivity index (χ2n) is 3.56. The standard InChI is InChI=1S/C12H16N2O3/c1-8-9(12(16)17-2)4-3-5-10(8)14-11(15)6-7-13/h3-5H,6-7,13H2,1-2H3,(H,14,15). The van der Waals surface area contributed by atoms with Gasteiger partial charge in [-0.3, -0.25) is 4.79 Å². The summed E-state index contributed by atoms with van der Waals surface area (Å²) in [4.78, 5) is 22.9. The van der Waals surface area contributed by atoms with Gasteiger partial charge < -0.3 is 15.8 Å². The zero-order chi connectivity index (χ0) is 12.8. The van der Waals surface area contributed by atoms with E-state index in [1.165, 1.54) is 7.11 Å². The number of benzene rings is 1. The maximum absolute atomic E-state index is 11.4. The molecule has 5 nitrogen and oxygen atoms in total. The molecule has 0 spiro atoms. The zero-order valence-corrected chi connectivity index (χ0v) is 9.95. The number of nitrogens with two attached hydrogens (primary N) is 1. The van der Waals surface area contributed by atoms with Gasteiger partial charge in [-0.25, -0.2) is 4.79 Å². The van der Waals surface area contributed by atoms with Crippen LogP contribution in [0, 0.1) is 6.92 Å². The van der Waals surface area contributed by atoms with E-state index < -0.39 is 5.97 Å². The van der Waals surface area contributed by atoms with Crippen LogP contribution >= 0.6 is 0 Å². The Kier molecular flexibility index (Phi) is 4.66. The van der Waals surface area contributed by atoms with Gasteiger partial charge in [0.25, 0.3) is 0 Å². The first kappa shape index (κ1) is 13.2. The molecule has 3 N–H and O–H groups in total. The summed E-state index contributed by atoms with van der Waals surface area (Å²) in [5, 5.41) is 2.70. The first-order valence-electron chi connectivity index (χ1n) is 5.28. The monoisotopic (exact) mass is 236 g/mol. The normalized spacial score (nSPS) is 9.82. The molecule has 1 rings (SSSR count). The molecule has 1 aromatic rings. The first-order valence-corrected chi connectivity index (χ1v) is 5.28. The van der Waals surface area contributed by atoms with Gasteiger partial charge in [-0.1, -0.05) is 6.07 Å². The molecule has 0 atom stereocenters. The molecule has 0 fully saturated rings. The van der Waals surface area contributed by atoms with Crippen LogP contribution in [0.1, 0.15) is 22.3 Å². The van der Waals surface area contributed by atoms with Crippen LogP contribution in [-0.4, -0.2) is 25.5 Å². The Morgan fingerprint density at radius 3 is 2.71 bits per heavy atom. The van der Waals surface area contributed by atoms with Crippen molar-refractivity contribution in [2.75, 3.05) is 19.0 Å². The highest BCUT2D eigenvalue weighted by molar-refractivity contribution is 5.96. The Labute approximate surface area is 99.9 Å². The number of amides is 1. The topological polar surface area (TPSA) is 81.4 Å². The van der Waals surface area contributed by atoms with Crippen molar-refractivity contribution >= 4 is 17.6 Å². The van der Waals surface area contributed by atoms with Gasteiger partial charge in [-0.15, -0.1) is 0 Å². The van der Waals surface area contributed by atoms with Crippen molar-refractivity contribution in [3.8, 4) is 0 Å². The number of hydrogen-bond acceptors (Lipinski definition) is 4. The highest BCUT2D eigenvalue weighted by Gasteiger charge is 2.12. The fourth-order valence-corrected chi connectivity index (χ4v) is 1.45. The van der Waals surface area contributed by atoms with Gasteiger partial charge in [0.2, 0.25) is 5.91 Å². The Hall–Kier alpha value is -1.88. The average Bonchev–Trinajstić information content (AvgIpc) is 2.31. The van der Waals surface area contributed by atoms with E-state index in [1.54, 1.807) is 25.1 Å². The molecule has 0 aliphatic carbocycles. The molecule has 0 aliphatic heterocycles. The number of anilines is 1. The lowest BCUT2D eigenvalue weighted by atomic mass is 10.1. The van der Waals surface area contributed by atoms with E-state index in [1.807, 2.05) is 0 Å². The SMILES string of the molecule is COC(=O)c1cccc(NC(=O)CCN)c1C. The van der Waals surface area contributed by atoms with Crippen molar-refractivity contribution < 1.29 is 14.3 Å². The third kappa shape index (κ3) is 3.29. The molecule has 0 bridgehead atoms. The fourth-order valence-electron chi connectivity index (χ4n) is 1.45. The van der Waals surface area contributed by atoms with E-state index in [0.29, 0.717) is 23.4 Å². The second-order valence-corrected chi connectivity index (χ2v) is 3.56. The van der Waals surface area contributed by atoms with E-state index in [-0.39, 0.29) is 12.3 Å². The number of esters is 1. The molecule has 17 heavy (non-hydrogen) atoms.